The van der Waals surface area contributed by atoms with Gasteiger partial charge >= 0.3 is 0 Å². The zero-order chi connectivity index (χ0) is 28.9. The molecule has 2 aliphatic rings. The lowest BCUT2D eigenvalue weighted by Gasteiger charge is -2.41. The first-order valence-electron chi connectivity index (χ1n) is 15.5. The van der Waals surface area contributed by atoms with Crippen LogP contribution in [0.3, 0.4) is 0 Å². The minimum atomic E-state index is 0.0837. The fourth-order valence-electron chi connectivity index (χ4n) is 6.10. The number of aromatic nitrogens is 2. The van der Waals surface area contributed by atoms with Crippen LogP contribution in [0.2, 0.25) is 0 Å². The van der Waals surface area contributed by atoms with Crippen LogP contribution in [-0.2, 0) is 6.54 Å². The molecule has 1 N–H and O–H groups in total. The number of benzene rings is 2. The molecule has 6 nitrogen and oxygen atoms in total. The lowest BCUT2D eigenvalue weighted by atomic mass is 9.95. The van der Waals surface area contributed by atoms with Crippen LogP contribution in [0.15, 0.2) is 65.5 Å². The molecule has 0 radical (unpaired) electrons. The van der Waals surface area contributed by atoms with Crippen molar-refractivity contribution in [1.82, 2.24) is 24.7 Å². The SMILES string of the molecule is CCCC(c1nc2ccccc2c(=O)n1CC)N1CC(C)NC(C)C1.CN(C)C1CCCCC1.c1ccccc1. The first kappa shape index (κ1) is 32.0. The maximum Gasteiger partial charge on any atom is 0.261 e. The van der Waals surface area contributed by atoms with Crippen LogP contribution < -0.4 is 10.9 Å². The number of hydrogen-bond acceptors (Lipinski definition) is 5. The van der Waals surface area contributed by atoms with Gasteiger partial charge in [-0.2, -0.15) is 0 Å². The van der Waals surface area contributed by atoms with Gasteiger partial charge in [-0.15, -0.1) is 0 Å². The molecular formula is C34H53N5O. The fourth-order valence-corrected chi connectivity index (χ4v) is 6.10. The molecule has 0 amide bonds. The molecule has 6 heteroatoms. The summed E-state index contributed by atoms with van der Waals surface area (Å²) < 4.78 is 1.88. The summed E-state index contributed by atoms with van der Waals surface area (Å²) in [6.45, 7) is 11.3. The molecule has 3 aromatic rings. The van der Waals surface area contributed by atoms with Gasteiger partial charge < -0.3 is 10.2 Å². The van der Waals surface area contributed by atoms with Crippen LogP contribution in [-0.4, -0.2) is 64.7 Å². The first-order valence-corrected chi connectivity index (χ1v) is 15.5. The van der Waals surface area contributed by atoms with Crippen LogP contribution in [0, 0.1) is 0 Å². The van der Waals surface area contributed by atoms with E-state index in [9.17, 15) is 4.79 Å². The monoisotopic (exact) mass is 547 g/mol. The summed E-state index contributed by atoms with van der Waals surface area (Å²) in [6, 6.07) is 21.7. The van der Waals surface area contributed by atoms with Gasteiger partial charge in [0.2, 0.25) is 0 Å². The Hall–Kier alpha value is -2.54. The van der Waals surface area contributed by atoms with Crippen LogP contribution in [0.1, 0.15) is 84.5 Å². The maximum absolute atomic E-state index is 13.0. The van der Waals surface area contributed by atoms with E-state index in [4.69, 9.17) is 4.98 Å². The molecular weight excluding hydrogens is 494 g/mol. The second kappa shape index (κ2) is 16.7. The van der Waals surface area contributed by atoms with Crippen LogP contribution >= 0.6 is 0 Å². The third-order valence-electron chi connectivity index (χ3n) is 8.07. The molecule has 3 atom stereocenters. The summed E-state index contributed by atoms with van der Waals surface area (Å²) in [5, 5.41) is 4.31. The van der Waals surface area contributed by atoms with Crippen LogP contribution in [0.5, 0.6) is 0 Å². The van der Waals surface area contributed by atoms with Crippen molar-refractivity contribution in [3.8, 4) is 0 Å². The van der Waals surface area contributed by atoms with Gasteiger partial charge in [0.15, 0.2) is 0 Å². The zero-order valence-corrected chi connectivity index (χ0v) is 25.9. The Bertz CT molecular complexity index is 1140. The quantitative estimate of drug-likeness (QED) is 0.381. The van der Waals surface area contributed by atoms with Crippen molar-refractivity contribution in [2.75, 3.05) is 27.2 Å². The molecule has 2 fully saturated rings. The van der Waals surface area contributed by atoms with Crippen molar-refractivity contribution < 1.29 is 0 Å². The maximum atomic E-state index is 13.0. The van der Waals surface area contributed by atoms with Crippen molar-refractivity contribution in [3.05, 3.63) is 76.8 Å². The average molecular weight is 548 g/mol. The van der Waals surface area contributed by atoms with E-state index in [0.717, 1.165) is 43.3 Å². The Labute approximate surface area is 242 Å². The second-order valence-electron chi connectivity index (χ2n) is 11.7. The van der Waals surface area contributed by atoms with Gasteiger partial charge in [0, 0.05) is 37.8 Å². The number of fused-ring (bicyclic) bond motifs is 1. The minimum Gasteiger partial charge on any atom is -0.309 e. The Morgan fingerprint density at radius 3 is 1.98 bits per heavy atom. The molecule has 220 valence electrons. The third kappa shape index (κ3) is 9.25. The summed E-state index contributed by atoms with van der Waals surface area (Å²) >= 11 is 0. The van der Waals surface area contributed by atoms with Gasteiger partial charge in [-0.3, -0.25) is 14.3 Å². The highest BCUT2D eigenvalue weighted by Crippen LogP contribution is 2.27. The smallest absolute Gasteiger partial charge is 0.261 e. The Morgan fingerprint density at radius 2 is 1.48 bits per heavy atom. The highest BCUT2D eigenvalue weighted by Gasteiger charge is 2.30. The van der Waals surface area contributed by atoms with E-state index >= 15 is 0 Å². The summed E-state index contributed by atoms with van der Waals surface area (Å²) in [4.78, 5) is 22.8. The largest absolute Gasteiger partial charge is 0.309 e. The molecule has 2 aromatic carbocycles. The van der Waals surface area contributed by atoms with E-state index in [1.807, 2.05) is 72.2 Å². The fraction of sp³-hybridized carbons (Fsp3) is 0.588. The lowest BCUT2D eigenvalue weighted by molar-refractivity contribution is 0.109. The summed E-state index contributed by atoms with van der Waals surface area (Å²) in [5.41, 5.74) is 0.893. The molecule has 1 aliphatic heterocycles. The normalized spacial score (nSPS) is 20.8. The Balaban J connectivity index is 0.000000238. The van der Waals surface area contributed by atoms with Crippen LogP contribution in [0.25, 0.3) is 10.9 Å². The molecule has 1 saturated carbocycles. The van der Waals surface area contributed by atoms with E-state index in [-0.39, 0.29) is 11.6 Å². The minimum absolute atomic E-state index is 0.0837. The number of hydrogen-bond donors (Lipinski definition) is 1. The standard InChI is InChI=1S/C20H30N4O.C8H17N.C6H6/c1-5-9-18(23-12-14(3)21-15(4)13-23)19-22-17-11-8-7-10-16(17)20(25)24(19)6-2;1-9(2)8-6-4-3-5-7-8;1-2-4-6-5-3-1/h7-8,10-11,14-15,18,21H,5-6,9,12-13H2,1-4H3;8H,3-7H2,1-2H3;1-6H. The van der Waals surface area contributed by atoms with E-state index in [0.29, 0.717) is 24.0 Å². The zero-order valence-electron chi connectivity index (χ0n) is 25.9. The van der Waals surface area contributed by atoms with E-state index in [1.54, 1.807) is 0 Å². The van der Waals surface area contributed by atoms with Gasteiger partial charge in [0.05, 0.1) is 16.9 Å². The topological polar surface area (TPSA) is 53.4 Å². The molecule has 3 unspecified atom stereocenters. The van der Waals surface area contributed by atoms with E-state index in [2.05, 4.69) is 50.0 Å². The Morgan fingerprint density at radius 1 is 0.900 bits per heavy atom. The molecule has 2 heterocycles. The van der Waals surface area contributed by atoms with Gasteiger partial charge in [0.25, 0.3) is 5.56 Å². The molecule has 40 heavy (non-hydrogen) atoms. The number of para-hydroxylation sites is 1. The number of rotatable bonds is 6. The van der Waals surface area contributed by atoms with Crippen molar-refractivity contribution in [1.29, 1.82) is 0 Å². The molecule has 0 spiro atoms. The number of nitrogens with one attached hydrogen (secondary N) is 1. The highest BCUT2D eigenvalue weighted by molar-refractivity contribution is 5.77. The second-order valence-corrected chi connectivity index (χ2v) is 11.7. The highest BCUT2D eigenvalue weighted by atomic mass is 16.1. The van der Waals surface area contributed by atoms with Crippen molar-refractivity contribution >= 4 is 10.9 Å². The molecule has 1 aromatic heterocycles. The molecule has 1 aliphatic carbocycles. The van der Waals surface area contributed by atoms with Gasteiger partial charge in [-0.05, 0) is 66.3 Å². The van der Waals surface area contributed by atoms with Gasteiger partial charge in [0.1, 0.15) is 5.82 Å². The average Bonchev–Trinajstić information content (AvgIpc) is 2.97. The summed E-state index contributed by atoms with van der Waals surface area (Å²) in [7, 11) is 4.38. The number of nitrogens with zero attached hydrogens (tertiary/aromatic N) is 4. The molecule has 1 saturated heterocycles. The van der Waals surface area contributed by atoms with E-state index in [1.165, 1.54) is 32.1 Å². The van der Waals surface area contributed by atoms with E-state index < -0.39 is 0 Å². The lowest BCUT2D eigenvalue weighted by Crippen LogP contribution is -2.55. The van der Waals surface area contributed by atoms with Gasteiger partial charge in [-0.25, -0.2) is 4.98 Å². The Kier molecular flexibility index (Phi) is 13.3. The predicted molar refractivity (Wildman–Crippen MR) is 170 cm³/mol. The van der Waals surface area contributed by atoms with Crippen molar-refractivity contribution in [3.63, 3.8) is 0 Å². The summed E-state index contributed by atoms with van der Waals surface area (Å²) in [6.07, 6.45) is 9.30. The number of piperazine rings is 1. The van der Waals surface area contributed by atoms with Gasteiger partial charge in [-0.1, -0.05) is 81.1 Å². The third-order valence-corrected chi connectivity index (χ3v) is 8.07. The molecule has 0 bridgehead atoms. The molecule has 5 rings (SSSR count). The van der Waals surface area contributed by atoms with Crippen LogP contribution in [0.4, 0.5) is 0 Å². The predicted octanol–water partition coefficient (Wildman–Crippen LogP) is 6.51. The van der Waals surface area contributed by atoms with Crippen molar-refractivity contribution in [2.24, 2.45) is 0 Å². The van der Waals surface area contributed by atoms with Crippen molar-refractivity contribution in [2.45, 2.75) is 103 Å². The first-order chi connectivity index (χ1) is 19.3. The summed E-state index contributed by atoms with van der Waals surface area (Å²) in [5.74, 6) is 0.925.